The van der Waals surface area contributed by atoms with Gasteiger partial charge in [0.05, 0.1) is 18.8 Å². The van der Waals surface area contributed by atoms with E-state index in [0.717, 1.165) is 48.2 Å². The SMILES string of the molecule is Cc1c(CNC(=O)N[C@@H]2CCO[C@@]3(CCOC3)C2)oc2ccccc12. The van der Waals surface area contributed by atoms with Gasteiger partial charge in [0, 0.05) is 36.6 Å². The lowest BCUT2D eigenvalue weighted by Gasteiger charge is -2.37. The lowest BCUT2D eigenvalue weighted by atomic mass is 9.90. The van der Waals surface area contributed by atoms with E-state index in [1.54, 1.807) is 0 Å². The Kier molecular flexibility index (Phi) is 4.39. The summed E-state index contributed by atoms with van der Waals surface area (Å²) in [6.45, 7) is 4.43. The van der Waals surface area contributed by atoms with Crippen LogP contribution >= 0.6 is 0 Å². The van der Waals surface area contributed by atoms with Gasteiger partial charge in [-0.3, -0.25) is 0 Å². The van der Waals surface area contributed by atoms with Crippen LogP contribution in [0.3, 0.4) is 0 Å². The molecule has 0 aliphatic carbocycles. The van der Waals surface area contributed by atoms with E-state index in [4.69, 9.17) is 13.9 Å². The first-order valence-corrected chi connectivity index (χ1v) is 8.88. The van der Waals surface area contributed by atoms with Crippen LogP contribution in [0.5, 0.6) is 0 Å². The molecule has 1 aromatic carbocycles. The molecule has 25 heavy (non-hydrogen) atoms. The van der Waals surface area contributed by atoms with Crippen LogP contribution in [0.15, 0.2) is 28.7 Å². The highest BCUT2D eigenvalue weighted by molar-refractivity contribution is 5.82. The van der Waals surface area contributed by atoms with Crippen molar-refractivity contribution in [1.29, 1.82) is 0 Å². The van der Waals surface area contributed by atoms with Crippen molar-refractivity contribution in [3.63, 3.8) is 0 Å². The van der Waals surface area contributed by atoms with Crippen LogP contribution in [0.2, 0.25) is 0 Å². The van der Waals surface area contributed by atoms with E-state index in [9.17, 15) is 4.79 Å². The molecule has 0 unspecified atom stereocenters. The van der Waals surface area contributed by atoms with E-state index < -0.39 is 0 Å². The summed E-state index contributed by atoms with van der Waals surface area (Å²) in [6.07, 6.45) is 2.55. The molecule has 6 heteroatoms. The molecule has 2 N–H and O–H groups in total. The zero-order valence-corrected chi connectivity index (χ0v) is 14.5. The number of benzene rings is 1. The highest BCUT2D eigenvalue weighted by Gasteiger charge is 2.41. The van der Waals surface area contributed by atoms with Gasteiger partial charge in [0.2, 0.25) is 0 Å². The van der Waals surface area contributed by atoms with Crippen LogP contribution in [0.1, 0.15) is 30.6 Å². The zero-order chi connectivity index (χ0) is 17.3. The number of hydrogen-bond acceptors (Lipinski definition) is 4. The Labute approximate surface area is 146 Å². The highest BCUT2D eigenvalue weighted by Crippen LogP contribution is 2.32. The van der Waals surface area contributed by atoms with E-state index in [2.05, 4.69) is 10.6 Å². The normalized spacial score (nSPS) is 26.2. The maximum Gasteiger partial charge on any atom is 0.315 e. The molecule has 2 atom stereocenters. The quantitative estimate of drug-likeness (QED) is 0.898. The Bertz CT molecular complexity index is 764. The standard InChI is InChI=1S/C19H24N2O4/c1-13-15-4-2-3-5-16(15)25-17(13)11-20-18(22)21-14-6-8-24-19(10-14)7-9-23-12-19/h2-5,14H,6-12H2,1H3,(H2,20,21,22)/t14-,19+/m1/s1. The van der Waals surface area contributed by atoms with E-state index in [1.165, 1.54) is 0 Å². The monoisotopic (exact) mass is 344 g/mol. The maximum atomic E-state index is 12.3. The number of carbonyl (C=O) groups excluding carboxylic acids is 1. The number of nitrogens with one attached hydrogen (secondary N) is 2. The van der Waals surface area contributed by atoms with E-state index >= 15 is 0 Å². The molecule has 2 aromatic rings. The number of urea groups is 1. The number of fused-ring (bicyclic) bond motifs is 1. The summed E-state index contributed by atoms with van der Waals surface area (Å²) >= 11 is 0. The minimum Gasteiger partial charge on any atom is -0.459 e. The third-order valence-electron chi connectivity index (χ3n) is 5.25. The van der Waals surface area contributed by atoms with Gasteiger partial charge in [-0.05, 0) is 25.8 Å². The largest absolute Gasteiger partial charge is 0.459 e. The predicted molar refractivity (Wildman–Crippen MR) is 93.5 cm³/mol. The van der Waals surface area contributed by atoms with E-state index in [0.29, 0.717) is 19.8 Å². The zero-order valence-electron chi connectivity index (χ0n) is 14.5. The molecule has 1 spiro atoms. The highest BCUT2D eigenvalue weighted by atomic mass is 16.6. The molecule has 4 rings (SSSR count). The number of amides is 2. The van der Waals surface area contributed by atoms with Crippen molar-refractivity contribution >= 4 is 17.0 Å². The van der Waals surface area contributed by atoms with Crippen molar-refractivity contribution < 1.29 is 18.7 Å². The second-order valence-electron chi connectivity index (χ2n) is 7.00. The molecule has 0 radical (unpaired) electrons. The number of ether oxygens (including phenoxy) is 2. The van der Waals surface area contributed by atoms with Crippen molar-refractivity contribution in [2.45, 2.75) is 44.4 Å². The minimum atomic E-state index is -0.203. The number of para-hydroxylation sites is 1. The van der Waals surface area contributed by atoms with Crippen LogP contribution in [0, 0.1) is 6.92 Å². The van der Waals surface area contributed by atoms with Gasteiger partial charge >= 0.3 is 6.03 Å². The molecule has 2 amide bonds. The molecule has 0 bridgehead atoms. The van der Waals surface area contributed by atoms with E-state index in [-0.39, 0.29) is 17.7 Å². The molecule has 3 heterocycles. The lowest BCUT2D eigenvalue weighted by molar-refractivity contribution is -0.0878. The Morgan fingerprint density at radius 1 is 1.32 bits per heavy atom. The summed E-state index contributed by atoms with van der Waals surface area (Å²) in [7, 11) is 0. The van der Waals surface area contributed by atoms with Crippen LogP contribution < -0.4 is 10.6 Å². The summed E-state index contributed by atoms with van der Waals surface area (Å²) in [5.41, 5.74) is 1.72. The lowest BCUT2D eigenvalue weighted by Crippen LogP contribution is -2.51. The Morgan fingerprint density at radius 3 is 3.00 bits per heavy atom. The van der Waals surface area contributed by atoms with Gasteiger partial charge in [-0.15, -0.1) is 0 Å². The summed E-state index contributed by atoms with van der Waals surface area (Å²) in [6, 6.07) is 7.86. The van der Waals surface area contributed by atoms with Gasteiger partial charge in [-0.2, -0.15) is 0 Å². The number of rotatable bonds is 3. The maximum absolute atomic E-state index is 12.3. The van der Waals surface area contributed by atoms with Gasteiger partial charge in [0.1, 0.15) is 11.3 Å². The van der Waals surface area contributed by atoms with Gasteiger partial charge in [-0.1, -0.05) is 18.2 Å². The number of carbonyl (C=O) groups is 1. The summed E-state index contributed by atoms with van der Waals surface area (Å²) in [5.74, 6) is 0.795. The van der Waals surface area contributed by atoms with Crippen LogP contribution in [-0.2, 0) is 16.0 Å². The van der Waals surface area contributed by atoms with Crippen molar-refractivity contribution in [2.75, 3.05) is 19.8 Å². The van der Waals surface area contributed by atoms with Gasteiger partial charge < -0.3 is 24.5 Å². The van der Waals surface area contributed by atoms with Gasteiger partial charge in [0.25, 0.3) is 0 Å². The molecule has 2 fully saturated rings. The summed E-state index contributed by atoms with van der Waals surface area (Å²) < 4.78 is 17.2. The third-order valence-corrected chi connectivity index (χ3v) is 5.25. The second kappa shape index (κ2) is 6.69. The summed E-state index contributed by atoms with van der Waals surface area (Å²) in [5, 5.41) is 7.07. The van der Waals surface area contributed by atoms with Crippen molar-refractivity contribution in [3.05, 3.63) is 35.6 Å². The van der Waals surface area contributed by atoms with Gasteiger partial charge in [0.15, 0.2) is 0 Å². The Hall–Kier alpha value is -2.05. The fourth-order valence-electron chi connectivity index (χ4n) is 3.80. The first kappa shape index (κ1) is 16.4. The molecular weight excluding hydrogens is 320 g/mol. The molecule has 134 valence electrons. The Balaban J connectivity index is 1.33. The van der Waals surface area contributed by atoms with Crippen molar-refractivity contribution in [2.24, 2.45) is 0 Å². The third kappa shape index (κ3) is 3.37. The average Bonchev–Trinajstić information content (AvgIpc) is 3.18. The molecule has 0 saturated carbocycles. The molecule has 1 aromatic heterocycles. The molecule has 2 saturated heterocycles. The fraction of sp³-hybridized carbons (Fsp3) is 0.526. The molecule has 2 aliphatic rings. The predicted octanol–water partition coefficient (Wildman–Crippen LogP) is 2.88. The van der Waals surface area contributed by atoms with Crippen molar-refractivity contribution in [3.8, 4) is 0 Å². The number of aryl methyl sites for hydroxylation is 1. The van der Waals surface area contributed by atoms with Crippen LogP contribution in [0.25, 0.3) is 11.0 Å². The number of hydrogen-bond donors (Lipinski definition) is 2. The smallest absolute Gasteiger partial charge is 0.315 e. The van der Waals surface area contributed by atoms with E-state index in [1.807, 2.05) is 31.2 Å². The Morgan fingerprint density at radius 2 is 2.20 bits per heavy atom. The first-order chi connectivity index (χ1) is 12.2. The average molecular weight is 344 g/mol. The first-order valence-electron chi connectivity index (χ1n) is 8.88. The second-order valence-corrected chi connectivity index (χ2v) is 7.00. The topological polar surface area (TPSA) is 72.7 Å². The molecule has 6 nitrogen and oxygen atoms in total. The van der Waals surface area contributed by atoms with Crippen LogP contribution in [-0.4, -0.2) is 37.5 Å². The summed E-state index contributed by atoms with van der Waals surface area (Å²) in [4.78, 5) is 12.3. The van der Waals surface area contributed by atoms with Gasteiger partial charge in [-0.25, -0.2) is 4.79 Å². The van der Waals surface area contributed by atoms with Crippen LogP contribution in [0.4, 0.5) is 4.79 Å². The molecule has 2 aliphatic heterocycles. The fourth-order valence-corrected chi connectivity index (χ4v) is 3.80. The molecular formula is C19H24N2O4. The number of furan rings is 1. The minimum absolute atomic E-state index is 0.118. The van der Waals surface area contributed by atoms with Crippen molar-refractivity contribution in [1.82, 2.24) is 10.6 Å².